The first kappa shape index (κ1) is 26.7. The number of benzene rings is 2. The molecule has 2 rings (SSSR count). The Hall–Kier alpha value is -2.33. The zero-order chi connectivity index (χ0) is 21.9. The molecule has 0 spiro atoms. The maximum Gasteiger partial charge on any atom is 0.238 e. The van der Waals surface area contributed by atoms with Crippen molar-refractivity contribution in [1.29, 1.82) is 0 Å². The normalized spacial score (nSPS) is 11.0. The molecule has 8 heteroatoms. The summed E-state index contributed by atoms with van der Waals surface area (Å²) in [7, 11) is 5.42. The van der Waals surface area contributed by atoms with E-state index in [1.165, 1.54) is 0 Å². The van der Waals surface area contributed by atoms with E-state index in [-0.39, 0.29) is 29.9 Å². The Labute approximate surface area is 202 Å². The van der Waals surface area contributed by atoms with Crippen LogP contribution in [0.2, 0.25) is 0 Å². The van der Waals surface area contributed by atoms with Gasteiger partial charge in [-0.3, -0.25) is 4.79 Å². The van der Waals surface area contributed by atoms with Crippen molar-refractivity contribution in [2.24, 2.45) is 4.99 Å². The number of amides is 1. The van der Waals surface area contributed by atoms with Gasteiger partial charge in [-0.2, -0.15) is 0 Å². The average molecular weight is 539 g/mol. The highest BCUT2D eigenvalue weighted by molar-refractivity contribution is 14.0. The summed E-state index contributed by atoms with van der Waals surface area (Å²) >= 11 is 0. The average Bonchev–Trinajstić information content (AvgIpc) is 2.70. The van der Waals surface area contributed by atoms with Gasteiger partial charge >= 0.3 is 0 Å². The second-order valence-electron chi connectivity index (χ2n) is 7.35. The molecule has 1 amide bonds. The molecular weight excluding hydrogens is 505 g/mol. The lowest BCUT2D eigenvalue weighted by Crippen LogP contribution is -2.36. The van der Waals surface area contributed by atoms with Gasteiger partial charge in [-0.15, -0.1) is 24.0 Å². The van der Waals surface area contributed by atoms with Gasteiger partial charge in [0, 0.05) is 24.3 Å². The van der Waals surface area contributed by atoms with Crippen molar-refractivity contribution in [3.05, 3.63) is 59.2 Å². The molecule has 0 aliphatic rings. The molecule has 2 aromatic carbocycles. The van der Waals surface area contributed by atoms with Crippen LogP contribution in [0.4, 0.5) is 5.69 Å². The number of hydrogen-bond donors (Lipinski definition) is 3. The first-order valence-corrected chi connectivity index (χ1v) is 10.1. The summed E-state index contributed by atoms with van der Waals surface area (Å²) in [4.78, 5) is 18.5. The van der Waals surface area contributed by atoms with Crippen molar-refractivity contribution in [2.45, 2.75) is 26.9 Å². The zero-order valence-corrected chi connectivity index (χ0v) is 21.3. The summed E-state index contributed by atoms with van der Waals surface area (Å²) in [5, 5.41) is 9.53. The first-order valence-electron chi connectivity index (χ1n) is 10.1. The minimum atomic E-state index is -0.0392. The van der Waals surface area contributed by atoms with Crippen LogP contribution in [0.25, 0.3) is 0 Å². The quantitative estimate of drug-likeness (QED) is 0.259. The van der Waals surface area contributed by atoms with Crippen molar-refractivity contribution < 1.29 is 9.53 Å². The Bertz CT molecular complexity index is 871. The van der Waals surface area contributed by atoms with Gasteiger partial charge in [0.25, 0.3) is 0 Å². The van der Waals surface area contributed by atoms with Gasteiger partial charge in [0.15, 0.2) is 5.96 Å². The fourth-order valence-electron chi connectivity index (χ4n) is 2.92. The predicted octanol–water partition coefficient (Wildman–Crippen LogP) is 3.38. The van der Waals surface area contributed by atoms with Crippen LogP contribution in [0.5, 0.6) is 5.75 Å². The second-order valence-corrected chi connectivity index (χ2v) is 7.35. The molecule has 0 heterocycles. The Morgan fingerprint density at radius 2 is 1.90 bits per heavy atom. The van der Waals surface area contributed by atoms with Crippen molar-refractivity contribution in [2.75, 3.05) is 39.6 Å². The largest absolute Gasteiger partial charge is 0.496 e. The van der Waals surface area contributed by atoms with Crippen LogP contribution in [0, 0.1) is 6.92 Å². The molecule has 3 N–H and O–H groups in total. The monoisotopic (exact) mass is 539 g/mol. The minimum absolute atomic E-state index is 0. The van der Waals surface area contributed by atoms with Gasteiger partial charge in [0.2, 0.25) is 5.91 Å². The van der Waals surface area contributed by atoms with Crippen molar-refractivity contribution >= 4 is 41.5 Å². The lowest BCUT2D eigenvalue weighted by atomic mass is 10.1. The van der Waals surface area contributed by atoms with E-state index in [1.807, 2.05) is 63.2 Å². The molecule has 2 aromatic rings. The highest BCUT2D eigenvalue weighted by Gasteiger charge is 2.06. The standard InChI is InChI=1S/C23H33N5O2.HI/c1-6-24-23(26-15-19-11-10-17(2)12-21(19)30-5)25-14-18-8-7-9-20(13-18)27-22(29)16-28(3)4;/h7-13H,6,14-16H2,1-5H3,(H,27,29)(H2,24,25,26);1H. The van der Waals surface area contributed by atoms with Crippen LogP contribution in [0.15, 0.2) is 47.5 Å². The molecular formula is C23H34IN5O2. The lowest BCUT2D eigenvalue weighted by Gasteiger charge is -2.14. The molecule has 7 nitrogen and oxygen atoms in total. The third-order valence-corrected chi connectivity index (χ3v) is 4.32. The number of aliphatic imine (C=N–C) groups is 1. The van der Waals surface area contributed by atoms with Gasteiger partial charge in [-0.1, -0.05) is 24.3 Å². The number of carbonyl (C=O) groups is 1. The van der Waals surface area contributed by atoms with Crippen molar-refractivity contribution in [1.82, 2.24) is 15.5 Å². The minimum Gasteiger partial charge on any atom is -0.496 e. The highest BCUT2D eigenvalue weighted by Crippen LogP contribution is 2.19. The Kier molecular flexibility index (Phi) is 11.9. The van der Waals surface area contributed by atoms with E-state index in [9.17, 15) is 4.79 Å². The highest BCUT2D eigenvalue weighted by atomic mass is 127. The van der Waals surface area contributed by atoms with Crippen LogP contribution >= 0.6 is 24.0 Å². The van der Waals surface area contributed by atoms with E-state index in [4.69, 9.17) is 4.74 Å². The van der Waals surface area contributed by atoms with Gasteiger partial charge < -0.3 is 25.6 Å². The zero-order valence-electron chi connectivity index (χ0n) is 19.0. The fourth-order valence-corrected chi connectivity index (χ4v) is 2.92. The van der Waals surface area contributed by atoms with Crippen molar-refractivity contribution in [3.8, 4) is 5.75 Å². The third kappa shape index (κ3) is 9.56. The summed E-state index contributed by atoms with van der Waals surface area (Å²) in [6.45, 7) is 6.29. The molecule has 0 radical (unpaired) electrons. The molecule has 0 saturated carbocycles. The molecule has 0 fully saturated rings. The second kappa shape index (κ2) is 13.9. The molecule has 0 unspecified atom stereocenters. The van der Waals surface area contributed by atoms with Crippen LogP contribution in [0.3, 0.4) is 0 Å². The van der Waals surface area contributed by atoms with Gasteiger partial charge in [0.1, 0.15) is 5.75 Å². The summed E-state index contributed by atoms with van der Waals surface area (Å²) in [5.74, 6) is 1.55. The summed E-state index contributed by atoms with van der Waals surface area (Å²) in [5.41, 5.74) is 4.02. The summed E-state index contributed by atoms with van der Waals surface area (Å²) in [6.07, 6.45) is 0. The van der Waals surface area contributed by atoms with E-state index in [0.717, 1.165) is 40.6 Å². The third-order valence-electron chi connectivity index (χ3n) is 4.32. The van der Waals surface area contributed by atoms with Crippen molar-refractivity contribution in [3.63, 3.8) is 0 Å². The number of nitrogens with one attached hydrogen (secondary N) is 3. The predicted molar refractivity (Wildman–Crippen MR) is 138 cm³/mol. The van der Waals surface area contributed by atoms with Crippen LogP contribution in [-0.2, 0) is 17.9 Å². The van der Waals surface area contributed by atoms with E-state index >= 15 is 0 Å². The summed E-state index contributed by atoms with van der Waals surface area (Å²) < 4.78 is 5.48. The summed E-state index contributed by atoms with van der Waals surface area (Å²) in [6, 6.07) is 13.9. The Morgan fingerprint density at radius 3 is 2.58 bits per heavy atom. The first-order chi connectivity index (χ1) is 14.4. The van der Waals surface area contributed by atoms with Crippen LogP contribution < -0.4 is 20.7 Å². The molecule has 0 saturated heterocycles. The topological polar surface area (TPSA) is 78.0 Å². The number of aryl methyl sites for hydroxylation is 1. The number of ether oxygens (including phenoxy) is 1. The number of nitrogens with zero attached hydrogens (tertiary/aromatic N) is 2. The number of guanidine groups is 1. The number of rotatable bonds is 9. The molecule has 170 valence electrons. The number of halogens is 1. The lowest BCUT2D eigenvalue weighted by molar-refractivity contribution is -0.116. The van der Waals surface area contributed by atoms with E-state index < -0.39 is 0 Å². The number of carbonyl (C=O) groups excluding carboxylic acids is 1. The molecule has 0 aliphatic carbocycles. The number of likely N-dealkylation sites (N-methyl/N-ethyl adjacent to an activating group) is 1. The van der Waals surface area contributed by atoms with Gasteiger partial charge in [-0.05, 0) is 57.3 Å². The molecule has 0 bridgehead atoms. The molecule has 0 aromatic heterocycles. The van der Waals surface area contributed by atoms with Crippen LogP contribution in [-0.4, -0.2) is 51.1 Å². The Balaban J connectivity index is 0.00000480. The fraction of sp³-hybridized carbons (Fsp3) is 0.391. The van der Waals surface area contributed by atoms with Gasteiger partial charge in [0.05, 0.1) is 20.2 Å². The maximum absolute atomic E-state index is 12.0. The number of methoxy groups -OCH3 is 1. The number of anilines is 1. The maximum atomic E-state index is 12.0. The SMILES string of the molecule is CCNC(=NCc1cccc(NC(=O)CN(C)C)c1)NCc1ccc(C)cc1OC.I. The van der Waals surface area contributed by atoms with E-state index in [2.05, 4.69) is 33.1 Å². The van der Waals surface area contributed by atoms with E-state index in [1.54, 1.807) is 7.11 Å². The van der Waals surface area contributed by atoms with Crippen LogP contribution in [0.1, 0.15) is 23.6 Å². The van der Waals surface area contributed by atoms with E-state index in [0.29, 0.717) is 19.6 Å². The Morgan fingerprint density at radius 1 is 1.13 bits per heavy atom. The molecule has 31 heavy (non-hydrogen) atoms. The molecule has 0 atom stereocenters. The number of hydrogen-bond acceptors (Lipinski definition) is 4. The van der Waals surface area contributed by atoms with Gasteiger partial charge in [-0.25, -0.2) is 4.99 Å². The molecule has 0 aliphatic heterocycles. The smallest absolute Gasteiger partial charge is 0.238 e.